The molecule has 0 radical (unpaired) electrons. The van der Waals surface area contributed by atoms with Crippen molar-refractivity contribution in [1.29, 1.82) is 0 Å². The zero-order chi connectivity index (χ0) is 14.5. The molecular formula is C12H16N2O6. The lowest BCUT2D eigenvalue weighted by Crippen LogP contribution is -2.44. The molecule has 1 fully saturated rings. The van der Waals surface area contributed by atoms with Gasteiger partial charge in [-0.25, -0.2) is 4.79 Å². The minimum Gasteiger partial charge on any atom is -0.450 e. The van der Waals surface area contributed by atoms with Gasteiger partial charge in [-0.2, -0.15) is 0 Å². The first-order chi connectivity index (χ1) is 9.58. The van der Waals surface area contributed by atoms with Crippen LogP contribution in [0.3, 0.4) is 0 Å². The molecule has 1 amide bonds. The minimum absolute atomic E-state index is 0.331. The lowest BCUT2D eigenvalue weighted by molar-refractivity contribution is -0.207. The van der Waals surface area contributed by atoms with E-state index in [2.05, 4.69) is 5.32 Å². The monoisotopic (exact) mass is 284 g/mol. The van der Waals surface area contributed by atoms with Gasteiger partial charge in [-0.3, -0.25) is 9.59 Å². The van der Waals surface area contributed by atoms with Gasteiger partial charge >= 0.3 is 24.4 Å². The summed E-state index contributed by atoms with van der Waals surface area (Å²) in [5.74, 6) is -1.24. The lowest BCUT2D eigenvalue weighted by Gasteiger charge is -2.29. The Morgan fingerprint density at radius 2 is 2.15 bits per heavy atom. The van der Waals surface area contributed by atoms with Crippen LogP contribution >= 0.6 is 0 Å². The van der Waals surface area contributed by atoms with E-state index in [9.17, 15) is 14.4 Å². The van der Waals surface area contributed by atoms with Gasteiger partial charge in [-0.05, 0) is 13.0 Å². The van der Waals surface area contributed by atoms with E-state index in [-0.39, 0.29) is 12.5 Å². The summed E-state index contributed by atoms with van der Waals surface area (Å²) in [6.07, 6.45) is 0.470. The van der Waals surface area contributed by atoms with Crippen LogP contribution in [0.25, 0.3) is 0 Å². The topological polar surface area (TPSA) is 94.2 Å². The molecule has 110 valence electrons. The first kappa shape index (κ1) is 14.2. The maximum Gasteiger partial charge on any atom is 0.410 e. The smallest absolute Gasteiger partial charge is 0.410 e. The average Bonchev–Trinajstić information content (AvgIpc) is 2.38. The van der Waals surface area contributed by atoms with Crippen molar-refractivity contribution >= 4 is 18.0 Å². The van der Waals surface area contributed by atoms with Gasteiger partial charge in [-0.1, -0.05) is 0 Å². The Morgan fingerprint density at radius 3 is 2.70 bits per heavy atom. The van der Waals surface area contributed by atoms with E-state index >= 15 is 0 Å². The fraction of sp³-hybridized carbons (Fsp3) is 0.583. The number of carbonyl (C=O) groups is 3. The molecule has 20 heavy (non-hydrogen) atoms. The Bertz CT molecular complexity index is 431. The summed E-state index contributed by atoms with van der Waals surface area (Å²) < 4.78 is 14.6. The maximum atomic E-state index is 11.5. The Kier molecular flexibility index (Phi) is 4.44. The van der Waals surface area contributed by atoms with Gasteiger partial charge in [0.25, 0.3) is 0 Å². The largest absolute Gasteiger partial charge is 0.450 e. The predicted molar refractivity (Wildman–Crippen MR) is 65.0 cm³/mol. The van der Waals surface area contributed by atoms with Gasteiger partial charge < -0.3 is 24.4 Å². The predicted octanol–water partition coefficient (Wildman–Crippen LogP) is 0.0958. The normalized spacial score (nSPS) is 19.9. The summed E-state index contributed by atoms with van der Waals surface area (Å²) >= 11 is 0. The van der Waals surface area contributed by atoms with Crippen LogP contribution in [0.4, 0.5) is 4.79 Å². The van der Waals surface area contributed by atoms with Crippen LogP contribution in [0.2, 0.25) is 0 Å². The summed E-state index contributed by atoms with van der Waals surface area (Å²) in [6, 6.07) is 0. The second kappa shape index (κ2) is 6.27. The Balaban J connectivity index is 1.84. The van der Waals surface area contributed by atoms with E-state index in [1.807, 2.05) is 0 Å². The number of carbonyl (C=O) groups excluding carboxylic acids is 3. The number of hydrogen-bond donors (Lipinski definition) is 1. The average molecular weight is 284 g/mol. The molecule has 2 aliphatic rings. The van der Waals surface area contributed by atoms with E-state index < -0.39 is 18.4 Å². The highest BCUT2D eigenvalue weighted by Gasteiger charge is 2.29. The summed E-state index contributed by atoms with van der Waals surface area (Å²) in [7, 11) is 0. The summed E-state index contributed by atoms with van der Waals surface area (Å²) in [6.45, 7) is 2.94. The molecule has 0 saturated carbocycles. The lowest BCUT2D eigenvalue weighted by atomic mass is 10.2. The number of nitrogens with one attached hydrogen (secondary N) is 1. The molecule has 1 N–H and O–H groups in total. The highest BCUT2D eigenvalue weighted by molar-refractivity contribution is 5.92. The fourth-order valence-corrected chi connectivity index (χ4v) is 1.86. The molecule has 0 unspecified atom stereocenters. The Labute approximate surface area is 115 Å². The molecule has 0 aliphatic carbocycles. The van der Waals surface area contributed by atoms with E-state index in [1.165, 1.54) is 0 Å². The van der Waals surface area contributed by atoms with Crippen LogP contribution in [0.15, 0.2) is 11.8 Å². The number of esters is 2. The van der Waals surface area contributed by atoms with Crippen LogP contribution < -0.4 is 5.32 Å². The second-order valence-electron chi connectivity index (χ2n) is 4.26. The van der Waals surface area contributed by atoms with Crippen molar-refractivity contribution in [2.45, 2.75) is 26.2 Å². The molecule has 2 heterocycles. The molecule has 8 nitrogen and oxygen atoms in total. The third-order valence-corrected chi connectivity index (χ3v) is 2.80. The molecule has 8 heteroatoms. The van der Waals surface area contributed by atoms with Gasteiger partial charge in [0.15, 0.2) is 0 Å². The van der Waals surface area contributed by atoms with E-state index in [0.717, 1.165) is 5.70 Å². The highest BCUT2D eigenvalue weighted by atomic mass is 16.7. The van der Waals surface area contributed by atoms with Crippen LogP contribution in [-0.4, -0.2) is 49.0 Å². The van der Waals surface area contributed by atoms with E-state index in [4.69, 9.17) is 14.2 Å². The molecule has 0 aromatic rings. The van der Waals surface area contributed by atoms with Crippen molar-refractivity contribution in [2.75, 3.05) is 19.7 Å². The molecule has 2 rings (SSSR count). The van der Waals surface area contributed by atoms with Crippen molar-refractivity contribution in [2.24, 2.45) is 0 Å². The number of rotatable bonds is 3. The van der Waals surface area contributed by atoms with E-state index in [0.29, 0.717) is 26.1 Å². The van der Waals surface area contributed by atoms with Crippen LogP contribution in [0, 0.1) is 0 Å². The molecule has 0 spiro atoms. The Hall–Kier alpha value is -2.25. The first-order valence-electron chi connectivity index (χ1n) is 6.34. The van der Waals surface area contributed by atoms with Gasteiger partial charge in [0, 0.05) is 25.2 Å². The summed E-state index contributed by atoms with van der Waals surface area (Å²) in [5.41, 5.74) is 0.748. The molecule has 1 saturated heterocycles. The molecule has 0 atom stereocenters. The zero-order valence-electron chi connectivity index (χ0n) is 11.1. The SMILES string of the molecule is CCOC(=O)N1CC=C(NC2OC(=O)CC(=O)O2)CC1. The third kappa shape index (κ3) is 3.62. The van der Waals surface area contributed by atoms with Gasteiger partial charge in [-0.15, -0.1) is 0 Å². The van der Waals surface area contributed by atoms with Crippen molar-refractivity contribution in [3.05, 3.63) is 11.8 Å². The van der Waals surface area contributed by atoms with Gasteiger partial charge in [0.1, 0.15) is 6.42 Å². The van der Waals surface area contributed by atoms with Crippen molar-refractivity contribution in [3.63, 3.8) is 0 Å². The molecule has 0 aromatic heterocycles. The Morgan fingerprint density at radius 1 is 1.45 bits per heavy atom. The zero-order valence-corrected chi connectivity index (χ0v) is 11.1. The second-order valence-corrected chi connectivity index (χ2v) is 4.26. The van der Waals surface area contributed by atoms with Crippen molar-refractivity contribution < 1.29 is 28.6 Å². The van der Waals surface area contributed by atoms with Gasteiger partial charge in [0.2, 0.25) is 0 Å². The number of ether oxygens (including phenoxy) is 3. The number of hydrogen-bond acceptors (Lipinski definition) is 7. The number of amides is 1. The van der Waals surface area contributed by atoms with Crippen molar-refractivity contribution in [3.8, 4) is 0 Å². The molecule has 2 aliphatic heterocycles. The standard InChI is InChI=1S/C12H16N2O6/c1-2-18-12(17)14-5-3-8(4-6-14)13-11-19-9(15)7-10(16)20-11/h3,11,13H,2,4-7H2,1H3. The van der Waals surface area contributed by atoms with Crippen LogP contribution in [0.1, 0.15) is 19.8 Å². The maximum absolute atomic E-state index is 11.5. The minimum atomic E-state index is -1.09. The van der Waals surface area contributed by atoms with Gasteiger partial charge in [0.05, 0.1) is 6.61 Å². The van der Waals surface area contributed by atoms with Crippen LogP contribution in [-0.2, 0) is 23.8 Å². The molecule has 0 bridgehead atoms. The third-order valence-electron chi connectivity index (χ3n) is 2.80. The quantitative estimate of drug-likeness (QED) is 0.580. The summed E-state index contributed by atoms with van der Waals surface area (Å²) in [5, 5.41) is 2.81. The number of cyclic esters (lactones) is 2. The highest BCUT2D eigenvalue weighted by Crippen LogP contribution is 2.13. The van der Waals surface area contributed by atoms with Crippen molar-refractivity contribution in [1.82, 2.24) is 10.2 Å². The van der Waals surface area contributed by atoms with E-state index in [1.54, 1.807) is 17.9 Å². The molecular weight excluding hydrogens is 268 g/mol. The first-order valence-corrected chi connectivity index (χ1v) is 6.34. The fourth-order valence-electron chi connectivity index (χ4n) is 1.86. The summed E-state index contributed by atoms with van der Waals surface area (Å²) in [4.78, 5) is 35.2. The molecule has 0 aromatic carbocycles. The number of nitrogens with zero attached hydrogens (tertiary/aromatic N) is 1. The van der Waals surface area contributed by atoms with Crippen LogP contribution in [0.5, 0.6) is 0 Å².